The topological polar surface area (TPSA) is 68.7 Å². The van der Waals surface area contributed by atoms with Crippen LogP contribution in [0.5, 0.6) is 11.5 Å². The molecule has 1 saturated heterocycles. The van der Waals surface area contributed by atoms with Crippen molar-refractivity contribution in [2.75, 3.05) is 38.7 Å². The van der Waals surface area contributed by atoms with Gasteiger partial charge in [-0.1, -0.05) is 18.2 Å². The molecule has 0 unspecified atom stereocenters. The maximum absolute atomic E-state index is 6.03. The van der Waals surface area contributed by atoms with Gasteiger partial charge in [0.1, 0.15) is 24.4 Å². The Bertz CT molecular complexity index is 1510. The molecule has 194 valence electrons. The van der Waals surface area contributed by atoms with Crippen molar-refractivity contribution in [3.05, 3.63) is 83.5 Å². The number of thiophene rings is 2. The van der Waals surface area contributed by atoms with Crippen LogP contribution in [0.25, 0.3) is 20.0 Å². The number of hydrogen-bond donors (Lipinski definition) is 1. The average Bonchev–Trinajstić information content (AvgIpc) is 3.61. The number of aromatic nitrogens is 2. The summed E-state index contributed by atoms with van der Waals surface area (Å²) in [4.78, 5) is 15.4. The van der Waals surface area contributed by atoms with Crippen molar-refractivity contribution in [3.8, 4) is 21.3 Å². The second kappa shape index (κ2) is 11.5. The zero-order valence-corrected chi connectivity index (χ0v) is 22.7. The van der Waals surface area contributed by atoms with Gasteiger partial charge in [-0.25, -0.2) is 9.97 Å². The first kappa shape index (κ1) is 24.8. The van der Waals surface area contributed by atoms with Crippen LogP contribution in [0.4, 0.5) is 11.5 Å². The fourth-order valence-electron chi connectivity index (χ4n) is 4.33. The summed E-state index contributed by atoms with van der Waals surface area (Å²) in [6.07, 6.45) is 1.61. The fraction of sp³-hybridized carbons (Fsp3) is 0.241. The number of benzene rings is 2. The van der Waals surface area contributed by atoms with Crippen LogP contribution < -0.4 is 14.8 Å². The molecule has 0 atom stereocenters. The Balaban J connectivity index is 1.16. The SMILES string of the molecule is COc1ccc(COc2cccc(Nc3ncnc4cc(-c5ccc(CN6CCOCC6)s5)sc34)c2)cc1. The third-order valence-electron chi connectivity index (χ3n) is 6.36. The van der Waals surface area contributed by atoms with Gasteiger partial charge in [-0.15, -0.1) is 22.7 Å². The minimum absolute atomic E-state index is 0.480. The van der Waals surface area contributed by atoms with Gasteiger partial charge in [-0.3, -0.25) is 4.90 Å². The Kier molecular flexibility index (Phi) is 7.50. The first-order chi connectivity index (χ1) is 18.7. The molecule has 0 spiro atoms. The van der Waals surface area contributed by atoms with E-state index in [2.05, 4.69) is 38.4 Å². The number of nitrogens with zero attached hydrogens (tertiary/aromatic N) is 3. The molecule has 0 bridgehead atoms. The predicted molar refractivity (Wildman–Crippen MR) is 154 cm³/mol. The van der Waals surface area contributed by atoms with Crippen LogP contribution in [0.15, 0.2) is 73.1 Å². The van der Waals surface area contributed by atoms with Gasteiger partial charge in [-0.2, -0.15) is 0 Å². The van der Waals surface area contributed by atoms with Gasteiger partial charge in [-0.05, 0) is 48.0 Å². The van der Waals surface area contributed by atoms with E-state index in [0.717, 1.165) is 71.6 Å². The highest BCUT2D eigenvalue weighted by atomic mass is 32.1. The summed E-state index contributed by atoms with van der Waals surface area (Å²) in [6, 6.07) is 22.4. The lowest BCUT2D eigenvalue weighted by atomic mass is 10.2. The Hall–Kier alpha value is -3.50. The van der Waals surface area contributed by atoms with Crippen molar-refractivity contribution in [1.82, 2.24) is 14.9 Å². The Morgan fingerprint density at radius 2 is 1.79 bits per heavy atom. The Morgan fingerprint density at radius 3 is 2.63 bits per heavy atom. The lowest BCUT2D eigenvalue weighted by molar-refractivity contribution is 0.0346. The van der Waals surface area contributed by atoms with Crippen LogP contribution in [0.1, 0.15) is 10.4 Å². The maximum atomic E-state index is 6.03. The third-order valence-corrected chi connectivity index (χ3v) is 8.76. The summed E-state index contributed by atoms with van der Waals surface area (Å²) in [5.74, 6) is 2.42. The molecule has 3 aromatic heterocycles. The standard InChI is InChI=1S/C29H28N4O3S2/c1-34-22-7-5-20(6-8-22)18-36-23-4-2-3-21(15-23)32-29-28-25(30-19-31-29)16-27(38-28)26-10-9-24(37-26)17-33-11-13-35-14-12-33/h2-10,15-16,19H,11-14,17-18H2,1H3,(H,30,31,32). The normalized spacial score (nSPS) is 14.0. The first-order valence-electron chi connectivity index (χ1n) is 12.5. The monoisotopic (exact) mass is 544 g/mol. The first-order valence-corrected chi connectivity index (χ1v) is 14.1. The fourth-order valence-corrected chi connectivity index (χ4v) is 6.52. The Morgan fingerprint density at radius 1 is 0.921 bits per heavy atom. The molecule has 6 rings (SSSR count). The summed E-state index contributed by atoms with van der Waals surface area (Å²) in [6.45, 7) is 5.08. The van der Waals surface area contributed by atoms with Crippen LogP contribution in [0.2, 0.25) is 0 Å². The van der Waals surface area contributed by atoms with Gasteiger partial charge in [0.15, 0.2) is 5.82 Å². The van der Waals surface area contributed by atoms with Crippen molar-refractivity contribution in [1.29, 1.82) is 0 Å². The zero-order valence-electron chi connectivity index (χ0n) is 21.1. The number of anilines is 2. The molecule has 9 heteroatoms. The van der Waals surface area contributed by atoms with E-state index >= 15 is 0 Å². The molecule has 2 aromatic carbocycles. The number of ether oxygens (including phenoxy) is 3. The lowest BCUT2D eigenvalue weighted by Crippen LogP contribution is -2.35. The molecule has 1 aliphatic heterocycles. The highest BCUT2D eigenvalue weighted by molar-refractivity contribution is 7.26. The number of morpholine rings is 1. The summed E-state index contributed by atoms with van der Waals surface area (Å²) in [7, 11) is 1.66. The minimum Gasteiger partial charge on any atom is -0.497 e. The number of rotatable bonds is 9. The van der Waals surface area contributed by atoms with E-state index in [-0.39, 0.29) is 0 Å². The smallest absolute Gasteiger partial charge is 0.151 e. The molecular weight excluding hydrogens is 516 g/mol. The van der Waals surface area contributed by atoms with Gasteiger partial charge in [0, 0.05) is 46.0 Å². The molecule has 1 N–H and O–H groups in total. The van der Waals surface area contributed by atoms with Gasteiger partial charge in [0.2, 0.25) is 0 Å². The summed E-state index contributed by atoms with van der Waals surface area (Å²) >= 11 is 3.57. The largest absolute Gasteiger partial charge is 0.497 e. The predicted octanol–water partition coefficient (Wildman–Crippen LogP) is 6.58. The number of nitrogens with one attached hydrogen (secondary N) is 1. The highest BCUT2D eigenvalue weighted by Crippen LogP contribution is 2.39. The second-order valence-electron chi connectivity index (χ2n) is 8.99. The quantitative estimate of drug-likeness (QED) is 0.225. The van der Waals surface area contributed by atoms with Crippen molar-refractivity contribution in [2.24, 2.45) is 0 Å². The van der Waals surface area contributed by atoms with Gasteiger partial charge in [0.25, 0.3) is 0 Å². The molecule has 1 aliphatic rings. The van der Waals surface area contributed by atoms with Crippen LogP contribution in [0.3, 0.4) is 0 Å². The van der Waals surface area contributed by atoms with Gasteiger partial charge < -0.3 is 19.5 Å². The molecule has 38 heavy (non-hydrogen) atoms. The lowest BCUT2D eigenvalue weighted by Gasteiger charge is -2.25. The number of hydrogen-bond acceptors (Lipinski definition) is 9. The van der Waals surface area contributed by atoms with Crippen LogP contribution in [0, 0.1) is 0 Å². The van der Waals surface area contributed by atoms with Crippen molar-refractivity contribution < 1.29 is 14.2 Å². The summed E-state index contributed by atoms with van der Waals surface area (Å²) in [5, 5.41) is 3.47. The molecule has 0 saturated carbocycles. The van der Waals surface area contributed by atoms with Crippen LogP contribution >= 0.6 is 22.7 Å². The average molecular weight is 545 g/mol. The van der Waals surface area contributed by atoms with E-state index in [4.69, 9.17) is 14.2 Å². The van der Waals surface area contributed by atoms with Crippen LogP contribution in [-0.4, -0.2) is 48.3 Å². The zero-order chi connectivity index (χ0) is 25.7. The van der Waals surface area contributed by atoms with Crippen molar-refractivity contribution >= 4 is 44.4 Å². The van der Waals surface area contributed by atoms with E-state index in [9.17, 15) is 0 Å². The molecule has 0 radical (unpaired) electrons. The summed E-state index contributed by atoms with van der Waals surface area (Å²) in [5.41, 5.74) is 2.93. The molecule has 7 nitrogen and oxygen atoms in total. The molecule has 1 fully saturated rings. The van der Waals surface area contributed by atoms with E-state index in [1.54, 1.807) is 24.8 Å². The molecule has 4 heterocycles. The summed E-state index contributed by atoms with van der Waals surface area (Å²) < 4.78 is 17.8. The minimum atomic E-state index is 0.480. The molecular formula is C29H28N4O3S2. The van der Waals surface area contributed by atoms with E-state index in [1.807, 2.05) is 59.9 Å². The van der Waals surface area contributed by atoms with Gasteiger partial charge in [0.05, 0.1) is 30.5 Å². The van der Waals surface area contributed by atoms with Crippen molar-refractivity contribution in [2.45, 2.75) is 13.2 Å². The molecule has 0 amide bonds. The van der Waals surface area contributed by atoms with Gasteiger partial charge >= 0.3 is 0 Å². The van der Waals surface area contributed by atoms with E-state index in [0.29, 0.717) is 6.61 Å². The molecule has 5 aromatic rings. The third kappa shape index (κ3) is 5.81. The Labute approximate surface area is 229 Å². The second-order valence-corrected chi connectivity index (χ2v) is 11.2. The van der Waals surface area contributed by atoms with E-state index in [1.165, 1.54) is 14.6 Å². The molecule has 0 aliphatic carbocycles. The van der Waals surface area contributed by atoms with Crippen LogP contribution in [-0.2, 0) is 17.9 Å². The maximum Gasteiger partial charge on any atom is 0.151 e. The number of fused-ring (bicyclic) bond motifs is 1. The highest BCUT2D eigenvalue weighted by Gasteiger charge is 2.15. The van der Waals surface area contributed by atoms with Crippen molar-refractivity contribution in [3.63, 3.8) is 0 Å². The number of methoxy groups -OCH3 is 1. The van der Waals surface area contributed by atoms with E-state index < -0.39 is 0 Å².